The zero-order valence-corrected chi connectivity index (χ0v) is 28.7. The van der Waals surface area contributed by atoms with Gasteiger partial charge in [0.2, 0.25) is 0 Å². The Morgan fingerprint density at radius 3 is 1.15 bits per heavy atom. The molecular weight excluding hydrogens is 492 g/mol. The van der Waals surface area contributed by atoms with E-state index in [0.29, 0.717) is 35.5 Å². The predicted octanol–water partition coefficient (Wildman–Crippen LogP) is 13.2. The normalized spacial score (nSPS) is 18.5. The van der Waals surface area contributed by atoms with Crippen LogP contribution in [-0.2, 0) is 0 Å². The Bertz CT molecular complexity index is 1190. The SMILES string of the molecule is CCCCC1=Cc2c(C(C)C)ccc(C(C)C)c2C1C(C)(C)C1C(CCCC)=Cc2c(C(C)C)ccc(C(C)C)c21. The molecule has 0 amide bonds. The molecule has 0 heterocycles. The topological polar surface area (TPSA) is 0 Å². The van der Waals surface area contributed by atoms with Crippen molar-refractivity contribution in [3.63, 3.8) is 0 Å². The number of hydrogen-bond acceptors (Lipinski definition) is 0. The van der Waals surface area contributed by atoms with Crippen LogP contribution >= 0.6 is 0 Å². The van der Waals surface area contributed by atoms with E-state index < -0.39 is 0 Å². The van der Waals surface area contributed by atoms with Crippen molar-refractivity contribution in [2.45, 2.75) is 157 Å². The molecule has 0 heteroatoms. The van der Waals surface area contributed by atoms with Gasteiger partial charge in [0.25, 0.3) is 0 Å². The summed E-state index contributed by atoms with van der Waals surface area (Å²) in [6.07, 6.45) is 12.8. The summed E-state index contributed by atoms with van der Waals surface area (Å²) in [5.74, 6) is 3.00. The summed E-state index contributed by atoms with van der Waals surface area (Å²) in [6.45, 7) is 29.1. The first-order chi connectivity index (χ1) is 19.4. The molecule has 2 atom stereocenters. The molecule has 0 fully saturated rings. The highest BCUT2D eigenvalue weighted by Crippen LogP contribution is 2.62. The van der Waals surface area contributed by atoms with Gasteiger partial charge in [0.05, 0.1) is 0 Å². The number of benzene rings is 2. The Morgan fingerprint density at radius 1 is 0.537 bits per heavy atom. The molecule has 41 heavy (non-hydrogen) atoms. The van der Waals surface area contributed by atoms with Gasteiger partial charge < -0.3 is 0 Å². The molecule has 0 spiro atoms. The summed E-state index contributed by atoms with van der Waals surface area (Å²) in [5, 5.41) is 0. The van der Waals surface area contributed by atoms with E-state index in [2.05, 4.69) is 120 Å². The van der Waals surface area contributed by atoms with Crippen molar-refractivity contribution in [1.82, 2.24) is 0 Å². The van der Waals surface area contributed by atoms with E-state index in [-0.39, 0.29) is 5.41 Å². The first kappa shape index (κ1) is 31.8. The molecule has 224 valence electrons. The highest BCUT2D eigenvalue weighted by molar-refractivity contribution is 5.76. The molecule has 0 radical (unpaired) electrons. The van der Waals surface area contributed by atoms with Gasteiger partial charge in [0, 0.05) is 11.8 Å². The Morgan fingerprint density at radius 2 is 0.854 bits per heavy atom. The van der Waals surface area contributed by atoms with E-state index in [1.807, 2.05) is 0 Å². The van der Waals surface area contributed by atoms with Gasteiger partial charge in [-0.05, 0) is 99.3 Å². The maximum Gasteiger partial charge on any atom is 0.0120 e. The summed E-state index contributed by atoms with van der Waals surface area (Å²) in [5.41, 5.74) is 16.1. The average Bonchev–Trinajstić information content (AvgIpc) is 3.48. The van der Waals surface area contributed by atoms with Gasteiger partial charge >= 0.3 is 0 Å². The molecule has 0 N–H and O–H groups in total. The number of hydrogen-bond donors (Lipinski definition) is 0. The van der Waals surface area contributed by atoms with Crippen LogP contribution in [0.4, 0.5) is 0 Å². The maximum atomic E-state index is 2.66. The summed E-state index contributed by atoms with van der Waals surface area (Å²) in [6, 6.07) is 9.88. The van der Waals surface area contributed by atoms with Gasteiger partial charge in [-0.25, -0.2) is 0 Å². The van der Waals surface area contributed by atoms with Crippen LogP contribution in [0.5, 0.6) is 0 Å². The van der Waals surface area contributed by atoms with Crippen molar-refractivity contribution < 1.29 is 0 Å². The van der Waals surface area contributed by atoms with E-state index in [1.54, 1.807) is 44.5 Å². The Balaban J connectivity index is 2.02. The second-order valence-corrected chi connectivity index (χ2v) is 15.1. The van der Waals surface area contributed by atoms with E-state index in [9.17, 15) is 0 Å². The quantitative estimate of drug-likeness (QED) is 0.246. The van der Waals surface area contributed by atoms with Crippen LogP contribution in [0.2, 0.25) is 0 Å². The largest absolute Gasteiger partial charge is 0.0654 e. The minimum atomic E-state index is 0.0636. The number of rotatable bonds is 12. The molecular formula is C41H60. The third-order valence-corrected chi connectivity index (χ3v) is 10.3. The first-order valence-corrected chi connectivity index (χ1v) is 17.1. The fourth-order valence-corrected chi connectivity index (χ4v) is 8.29. The Kier molecular flexibility index (Phi) is 9.83. The third kappa shape index (κ3) is 5.79. The van der Waals surface area contributed by atoms with E-state index in [4.69, 9.17) is 0 Å². The minimum Gasteiger partial charge on any atom is -0.0654 e. The fourth-order valence-electron chi connectivity index (χ4n) is 8.29. The van der Waals surface area contributed by atoms with Gasteiger partial charge in [-0.3, -0.25) is 0 Å². The molecule has 0 aliphatic heterocycles. The second-order valence-electron chi connectivity index (χ2n) is 15.1. The van der Waals surface area contributed by atoms with Gasteiger partial charge in [0.1, 0.15) is 0 Å². The molecule has 0 aromatic heterocycles. The zero-order valence-electron chi connectivity index (χ0n) is 28.7. The molecule has 4 rings (SSSR count). The molecule has 0 bridgehead atoms. The molecule has 2 unspecified atom stereocenters. The summed E-state index contributed by atoms with van der Waals surface area (Å²) in [4.78, 5) is 0. The highest BCUT2D eigenvalue weighted by atomic mass is 14.5. The van der Waals surface area contributed by atoms with E-state index >= 15 is 0 Å². The van der Waals surface area contributed by atoms with Crippen LogP contribution in [0.1, 0.15) is 202 Å². The summed E-state index contributed by atoms with van der Waals surface area (Å²) < 4.78 is 0. The predicted molar refractivity (Wildman–Crippen MR) is 184 cm³/mol. The number of fused-ring (bicyclic) bond motifs is 2. The lowest BCUT2D eigenvalue weighted by atomic mass is 9.59. The highest BCUT2D eigenvalue weighted by Gasteiger charge is 2.48. The summed E-state index contributed by atoms with van der Waals surface area (Å²) in [7, 11) is 0. The lowest BCUT2D eigenvalue weighted by Crippen LogP contribution is -2.32. The molecule has 2 aliphatic carbocycles. The summed E-state index contributed by atoms with van der Waals surface area (Å²) >= 11 is 0. The molecule has 2 aromatic carbocycles. The van der Waals surface area contributed by atoms with Crippen LogP contribution < -0.4 is 0 Å². The van der Waals surface area contributed by atoms with Crippen LogP contribution in [0.15, 0.2) is 35.4 Å². The first-order valence-electron chi connectivity index (χ1n) is 17.1. The number of allylic oxidation sites excluding steroid dienone is 2. The van der Waals surface area contributed by atoms with Crippen molar-refractivity contribution >= 4 is 12.2 Å². The van der Waals surface area contributed by atoms with Crippen molar-refractivity contribution in [2.24, 2.45) is 5.41 Å². The third-order valence-electron chi connectivity index (χ3n) is 10.3. The van der Waals surface area contributed by atoms with Crippen molar-refractivity contribution in [1.29, 1.82) is 0 Å². The van der Waals surface area contributed by atoms with E-state index in [1.165, 1.54) is 49.7 Å². The maximum absolute atomic E-state index is 2.66. The molecule has 0 saturated heterocycles. The standard InChI is InChI=1S/C41H60/c1-13-15-17-29-23-35-31(25(3)4)19-21-33(27(7)8)37(35)39(29)41(11,12)40-30(18-16-14-2)24-36-32(26(5)6)20-22-34(28(9)10)38(36)40/h19-28,39-40H,13-18H2,1-12H3. The van der Waals surface area contributed by atoms with Gasteiger partial charge in [0.15, 0.2) is 0 Å². The van der Waals surface area contributed by atoms with E-state index in [0.717, 1.165) is 0 Å². The van der Waals surface area contributed by atoms with Crippen molar-refractivity contribution in [3.05, 3.63) is 79.9 Å². The van der Waals surface area contributed by atoms with Gasteiger partial charge in [-0.1, -0.05) is 143 Å². The minimum absolute atomic E-state index is 0.0636. The smallest absolute Gasteiger partial charge is 0.0120 e. The van der Waals surface area contributed by atoms with Crippen LogP contribution in [0.3, 0.4) is 0 Å². The van der Waals surface area contributed by atoms with Crippen LogP contribution in [0.25, 0.3) is 12.2 Å². The lowest BCUT2D eigenvalue weighted by molar-refractivity contribution is 0.265. The molecule has 2 aromatic rings. The van der Waals surface area contributed by atoms with Crippen molar-refractivity contribution in [3.8, 4) is 0 Å². The Labute approximate surface area is 254 Å². The van der Waals surface area contributed by atoms with Gasteiger partial charge in [-0.2, -0.15) is 0 Å². The van der Waals surface area contributed by atoms with Crippen LogP contribution in [0, 0.1) is 5.41 Å². The average molecular weight is 553 g/mol. The number of unbranched alkanes of at least 4 members (excludes halogenated alkanes) is 2. The lowest BCUT2D eigenvalue weighted by Gasteiger charge is -2.44. The zero-order chi connectivity index (χ0) is 30.2. The van der Waals surface area contributed by atoms with Gasteiger partial charge in [-0.15, -0.1) is 0 Å². The molecule has 2 aliphatic rings. The molecule has 0 nitrogen and oxygen atoms in total. The second kappa shape index (κ2) is 12.7. The fraction of sp³-hybridized carbons (Fsp3) is 0.610. The van der Waals surface area contributed by atoms with Crippen molar-refractivity contribution in [2.75, 3.05) is 0 Å². The van der Waals surface area contributed by atoms with Crippen LogP contribution in [-0.4, -0.2) is 0 Å². The molecule has 0 saturated carbocycles. The Hall–Kier alpha value is -2.08. The monoisotopic (exact) mass is 552 g/mol.